The number of fused-ring (bicyclic) bond motifs is 1. The van der Waals surface area contributed by atoms with Gasteiger partial charge in [0.25, 0.3) is 0 Å². The van der Waals surface area contributed by atoms with Crippen molar-refractivity contribution in [1.82, 2.24) is 0 Å². The van der Waals surface area contributed by atoms with E-state index in [1.807, 2.05) is 0 Å². The highest BCUT2D eigenvalue weighted by Gasteiger charge is 2.42. The molecule has 0 radical (unpaired) electrons. The van der Waals surface area contributed by atoms with Crippen LogP contribution in [0, 0.1) is 11.8 Å². The Morgan fingerprint density at radius 2 is 2.38 bits per heavy atom. The molecule has 3 atom stereocenters. The number of hydrogen-bond acceptors (Lipinski definition) is 5. The standard InChI is InChI=1S/C11H12O5/c12-3-6-1-2-7-8(9(14)4-13)5-16-11(15)10(6)7/h1,4-5,7,10-12,15H,2-3H2/t7-,10-,11-/m1/s1. The van der Waals surface area contributed by atoms with Crippen molar-refractivity contribution < 1.29 is 24.5 Å². The number of carbonyl (C=O) groups is 2. The zero-order valence-electron chi connectivity index (χ0n) is 8.50. The number of rotatable bonds is 3. The summed E-state index contributed by atoms with van der Waals surface area (Å²) in [6.07, 6.45) is 2.64. The molecule has 5 heteroatoms. The highest BCUT2D eigenvalue weighted by atomic mass is 16.6. The van der Waals surface area contributed by atoms with Gasteiger partial charge >= 0.3 is 0 Å². The Balaban J connectivity index is 2.29. The number of aldehydes is 1. The zero-order valence-corrected chi connectivity index (χ0v) is 8.50. The Morgan fingerprint density at radius 1 is 1.62 bits per heavy atom. The summed E-state index contributed by atoms with van der Waals surface area (Å²) in [5.74, 6) is -1.31. The summed E-state index contributed by atoms with van der Waals surface area (Å²) in [5, 5.41) is 18.7. The summed E-state index contributed by atoms with van der Waals surface area (Å²) < 4.78 is 4.92. The SMILES string of the molecule is O=CC(=O)C1=CO[C@@H](O)[C@@H]2C(CO)=CC[C@H]12. The van der Waals surface area contributed by atoms with Gasteiger partial charge in [-0.2, -0.15) is 0 Å². The monoisotopic (exact) mass is 224 g/mol. The topological polar surface area (TPSA) is 83.8 Å². The Morgan fingerprint density at radius 3 is 3.00 bits per heavy atom. The van der Waals surface area contributed by atoms with Crippen molar-refractivity contribution in [1.29, 1.82) is 0 Å². The van der Waals surface area contributed by atoms with Crippen molar-refractivity contribution >= 4 is 12.1 Å². The van der Waals surface area contributed by atoms with E-state index in [2.05, 4.69) is 0 Å². The molecule has 16 heavy (non-hydrogen) atoms. The third kappa shape index (κ3) is 1.58. The van der Waals surface area contributed by atoms with Gasteiger partial charge in [-0.25, -0.2) is 0 Å². The molecule has 0 unspecified atom stereocenters. The van der Waals surface area contributed by atoms with E-state index in [-0.39, 0.29) is 24.4 Å². The molecule has 0 aromatic heterocycles. The highest BCUT2D eigenvalue weighted by Crippen LogP contribution is 2.42. The average molecular weight is 224 g/mol. The normalized spacial score (nSPS) is 32.2. The quantitative estimate of drug-likeness (QED) is 0.385. The molecule has 0 bridgehead atoms. The van der Waals surface area contributed by atoms with Gasteiger partial charge in [-0.15, -0.1) is 0 Å². The van der Waals surface area contributed by atoms with Gasteiger partial charge in [-0.3, -0.25) is 9.59 Å². The van der Waals surface area contributed by atoms with Gasteiger partial charge in [0.05, 0.1) is 18.8 Å². The van der Waals surface area contributed by atoms with Gasteiger partial charge in [0.1, 0.15) is 0 Å². The molecular weight excluding hydrogens is 212 g/mol. The predicted molar refractivity (Wildman–Crippen MR) is 53.0 cm³/mol. The molecule has 0 aromatic rings. The molecule has 86 valence electrons. The van der Waals surface area contributed by atoms with Gasteiger partial charge < -0.3 is 14.9 Å². The van der Waals surface area contributed by atoms with Crippen LogP contribution in [0.15, 0.2) is 23.5 Å². The van der Waals surface area contributed by atoms with Gasteiger partial charge in [0.15, 0.2) is 6.29 Å². The van der Waals surface area contributed by atoms with Crippen molar-refractivity contribution in [3.63, 3.8) is 0 Å². The number of Topliss-reactive ketones (excluding diaryl/α,β-unsaturated/α-hetero) is 1. The van der Waals surface area contributed by atoms with E-state index in [1.54, 1.807) is 6.08 Å². The molecule has 5 nitrogen and oxygen atoms in total. The summed E-state index contributed by atoms with van der Waals surface area (Å²) in [5.41, 5.74) is 0.923. The number of carbonyl (C=O) groups excluding carboxylic acids is 2. The van der Waals surface area contributed by atoms with Gasteiger partial charge in [0.2, 0.25) is 12.1 Å². The van der Waals surface area contributed by atoms with Crippen LogP contribution in [0.3, 0.4) is 0 Å². The van der Waals surface area contributed by atoms with Crippen LogP contribution in [-0.4, -0.2) is 35.2 Å². The lowest BCUT2D eigenvalue weighted by molar-refractivity contribution is -0.131. The van der Waals surface area contributed by atoms with Crippen LogP contribution in [0.25, 0.3) is 0 Å². The smallest absolute Gasteiger partial charge is 0.224 e. The lowest BCUT2D eigenvalue weighted by atomic mass is 9.82. The summed E-state index contributed by atoms with van der Waals surface area (Å²) in [6.45, 7) is -0.176. The number of aliphatic hydroxyl groups is 2. The maximum atomic E-state index is 11.3. The Labute approximate surface area is 92.0 Å². The molecule has 0 amide bonds. The molecule has 0 fully saturated rings. The molecule has 2 aliphatic rings. The van der Waals surface area contributed by atoms with E-state index in [0.717, 1.165) is 6.26 Å². The molecule has 2 rings (SSSR count). The average Bonchev–Trinajstić information content (AvgIpc) is 2.73. The van der Waals surface area contributed by atoms with Crippen LogP contribution in [0.5, 0.6) is 0 Å². The number of hydrogen-bond donors (Lipinski definition) is 2. The summed E-state index contributed by atoms with van der Waals surface area (Å²) in [6, 6.07) is 0. The molecule has 2 N–H and O–H groups in total. The van der Waals surface area contributed by atoms with Crippen LogP contribution in [-0.2, 0) is 14.3 Å². The van der Waals surface area contributed by atoms with E-state index < -0.39 is 18.0 Å². The summed E-state index contributed by atoms with van der Waals surface area (Å²) in [4.78, 5) is 21.8. The molecule has 0 aromatic carbocycles. The molecule has 0 saturated heterocycles. The Hall–Kier alpha value is -1.46. The maximum absolute atomic E-state index is 11.3. The third-order valence-corrected chi connectivity index (χ3v) is 3.11. The zero-order chi connectivity index (χ0) is 11.7. The number of ether oxygens (including phenoxy) is 1. The first kappa shape index (κ1) is 11.0. The number of ketones is 1. The first-order chi connectivity index (χ1) is 7.69. The van der Waals surface area contributed by atoms with E-state index >= 15 is 0 Å². The predicted octanol–water partition coefficient (Wildman–Crippen LogP) is -0.458. The Kier molecular flexibility index (Phi) is 2.89. The van der Waals surface area contributed by atoms with Crippen LogP contribution in [0.2, 0.25) is 0 Å². The van der Waals surface area contributed by atoms with Gasteiger partial charge in [-0.1, -0.05) is 6.08 Å². The second kappa shape index (κ2) is 4.19. The fraction of sp³-hybridized carbons (Fsp3) is 0.455. The second-order valence-corrected chi connectivity index (χ2v) is 3.89. The molecule has 1 aliphatic heterocycles. The third-order valence-electron chi connectivity index (χ3n) is 3.11. The van der Waals surface area contributed by atoms with Crippen LogP contribution >= 0.6 is 0 Å². The number of allylic oxidation sites excluding steroid dienone is 2. The van der Waals surface area contributed by atoms with Crippen molar-refractivity contribution in [2.75, 3.05) is 6.61 Å². The van der Waals surface area contributed by atoms with Gasteiger partial charge in [-0.05, 0) is 12.0 Å². The summed E-state index contributed by atoms with van der Waals surface area (Å²) in [7, 11) is 0. The maximum Gasteiger partial charge on any atom is 0.224 e. The van der Waals surface area contributed by atoms with Crippen molar-refractivity contribution in [2.24, 2.45) is 11.8 Å². The van der Waals surface area contributed by atoms with E-state index in [0.29, 0.717) is 12.0 Å². The molecule has 1 heterocycles. The van der Waals surface area contributed by atoms with E-state index in [1.165, 1.54) is 0 Å². The highest BCUT2D eigenvalue weighted by molar-refractivity contribution is 6.33. The van der Waals surface area contributed by atoms with Crippen molar-refractivity contribution in [2.45, 2.75) is 12.7 Å². The van der Waals surface area contributed by atoms with Crippen molar-refractivity contribution in [3.8, 4) is 0 Å². The van der Waals surface area contributed by atoms with Crippen molar-refractivity contribution in [3.05, 3.63) is 23.5 Å². The van der Waals surface area contributed by atoms with Gasteiger partial charge in [0, 0.05) is 11.5 Å². The largest absolute Gasteiger partial charge is 0.472 e. The second-order valence-electron chi connectivity index (χ2n) is 3.89. The fourth-order valence-electron chi connectivity index (χ4n) is 2.32. The minimum Gasteiger partial charge on any atom is -0.472 e. The first-order valence-corrected chi connectivity index (χ1v) is 5.02. The minimum absolute atomic E-state index is 0.176. The van der Waals surface area contributed by atoms with E-state index in [4.69, 9.17) is 9.84 Å². The lowest BCUT2D eigenvalue weighted by Gasteiger charge is -2.31. The van der Waals surface area contributed by atoms with Crippen LogP contribution in [0.4, 0.5) is 0 Å². The molecule has 0 spiro atoms. The molecule has 1 aliphatic carbocycles. The Bertz CT molecular complexity index is 382. The van der Waals surface area contributed by atoms with Crippen LogP contribution < -0.4 is 0 Å². The molecule has 0 saturated carbocycles. The first-order valence-electron chi connectivity index (χ1n) is 5.02. The van der Waals surface area contributed by atoms with E-state index in [9.17, 15) is 14.7 Å². The minimum atomic E-state index is -1.06. The fourth-order valence-corrected chi connectivity index (χ4v) is 2.32. The number of aliphatic hydroxyl groups excluding tert-OH is 2. The lowest BCUT2D eigenvalue weighted by Crippen LogP contribution is -2.35. The van der Waals surface area contributed by atoms with Crippen LogP contribution in [0.1, 0.15) is 6.42 Å². The summed E-state index contributed by atoms with van der Waals surface area (Å²) >= 11 is 0. The molecular formula is C11H12O5.